The molecule has 2 nitrogen and oxygen atoms in total. The van der Waals surface area contributed by atoms with Gasteiger partial charge in [-0.25, -0.2) is 0 Å². The topological polar surface area (TPSA) is 6.48 Å². The summed E-state index contributed by atoms with van der Waals surface area (Å²) in [4.78, 5) is 5.06. The Labute approximate surface area is 165 Å². The van der Waals surface area contributed by atoms with E-state index in [1.54, 1.807) is 0 Å². The van der Waals surface area contributed by atoms with Crippen molar-refractivity contribution >= 4 is 0 Å². The summed E-state index contributed by atoms with van der Waals surface area (Å²) in [5.74, 6) is 0. The summed E-state index contributed by atoms with van der Waals surface area (Å²) in [6, 6.07) is 0. The molecule has 0 aromatic carbocycles. The van der Waals surface area contributed by atoms with Crippen molar-refractivity contribution in [2.75, 3.05) is 13.1 Å². The number of nitrogens with zero attached hydrogens (tertiary/aromatic N) is 2. The molecule has 0 saturated carbocycles. The van der Waals surface area contributed by atoms with Crippen LogP contribution in [0.3, 0.4) is 0 Å². The summed E-state index contributed by atoms with van der Waals surface area (Å²) in [7, 11) is 0. The van der Waals surface area contributed by atoms with Gasteiger partial charge in [-0.05, 0) is 26.2 Å². The Hall–Kier alpha value is -0.660. The van der Waals surface area contributed by atoms with E-state index < -0.39 is 0 Å². The Bertz CT molecular complexity index is 326. The van der Waals surface area contributed by atoms with Gasteiger partial charge in [-0.2, -0.15) is 0 Å². The van der Waals surface area contributed by atoms with Gasteiger partial charge in [0.25, 0.3) is 0 Å². The van der Waals surface area contributed by atoms with E-state index in [0.29, 0.717) is 6.17 Å². The molecule has 0 saturated heterocycles. The Morgan fingerprint density at radius 2 is 1.00 bits per heavy atom. The second-order valence-corrected chi connectivity index (χ2v) is 8.23. The lowest BCUT2D eigenvalue weighted by Gasteiger charge is -2.32. The van der Waals surface area contributed by atoms with Crippen molar-refractivity contribution in [1.82, 2.24) is 9.80 Å². The van der Waals surface area contributed by atoms with Crippen molar-refractivity contribution in [1.29, 1.82) is 0 Å². The first-order valence-electron chi connectivity index (χ1n) is 12.0. The van der Waals surface area contributed by atoms with E-state index in [-0.39, 0.29) is 0 Å². The third-order valence-corrected chi connectivity index (χ3v) is 5.88. The number of rotatable bonds is 18. The Morgan fingerprint density at radius 1 is 0.538 bits per heavy atom. The van der Waals surface area contributed by atoms with Crippen LogP contribution in [0, 0.1) is 0 Å². The highest BCUT2D eigenvalue weighted by molar-refractivity contribution is 4.96. The van der Waals surface area contributed by atoms with Crippen LogP contribution in [0.1, 0.15) is 124 Å². The summed E-state index contributed by atoms with van der Waals surface area (Å²) in [5.41, 5.74) is 0. The fourth-order valence-corrected chi connectivity index (χ4v) is 4.21. The van der Waals surface area contributed by atoms with Crippen molar-refractivity contribution in [2.45, 2.75) is 130 Å². The Morgan fingerprint density at radius 3 is 1.46 bits per heavy atom. The van der Waals surface area contributed by atoms with Gasteiger partial charge in [-0.3, -0.25) is 0 Å². The smallest absolute Gasteiger partial charge is 0.101 e. The molecule has 0 spiro atoms. The van der Waals surface area contributed by atoms with Crippen molar-refractivity contribution in [3.63, 3.8) is 0 Å². The van der Waals surface area contributed by atoms with E-state index in [0.717, 1.165) is 6.54 Å². The van der Waals surface area contributed by atoms with Crippen molar-refractivity contribution in [3.05, 3.63) is 12.4 Å². The average Bonchev–Trinajstić information content (AvgIpc) is 3.04. The maximum atomic E-state index is 2.55. The van der Waals surface area contributed by atoms with Gasteiger partial charge in [-0.1, -0.05) is 97.3 Å². The van der Waals surface area contributed by atoms with Gasteiger partial charge in [0.15, 0.2) is 0 Å². The highest BCUT2D eigenvalue weighted by atomic mass is 15.4. The van der Waals surface area contributed by atoms with Gasteiger partial charge < -0.3 is 9.80 Å². The third-order valence-electron chi connectivity index (χ3n) is 5.88. The van der Waals surface area contributed by atoms with E-state index in [4.69, 9.17) is 0 Å². The van der Waals surface area contributed by atoms with E-state index in [9.17, 15) is 0 Å². The summed E-state index contributed by atoms with van der Waals surface area (Å²) in [6.07, 6.45) is 28.1. The molecule has 26 heavy (non-hydrogen) atoms. The molecule has 0 fully saturated rings. The number of hydrogen-bond acceptors (Lipinski definition) is 2. The summed E-state index contributed by atoms with van der Waals surface area (Å²) >= 11 is 0. The lowest BCUT2D eigenvalue weighted by atomic mass is 10.0. The zero-order valence-electron chi connectivity index (χ0n) is 18.4. The number of unbranched alkanes of at least 4 members (excludes halogenated alkanes) is 13. The van der Waals surface area contributed by atoms with Crippen LogP contribution in [0.4, 0.5) is 0 Å². The molecule has 1 aliphatic heterocycles. The summed E-state index contributed by atoms with van der Waals surface area (Å²) in [6.45, 7) is 9.20. The van der Waals surface area contributed by atoms with Crippen molar-refractivity contribution in [2.24, 2.45) is 0 Å². The predicted octanol–water partition coefficient (Wildman–Crippen LogP) is 7.70. The standard InChI is InChI=1S/C24H48N2/c1-4-7-8-9-10-11-12-13-14-15-16-17-18-19-20-24-25(6-3)22-23-26(24)21-5-2/h22-24H,4-21H2,1-3H3. The van der Waals surface area contributed by atoms with Crippen LogP contribution in [0.25, 0.3) is 0 Å². The van der Waals surface area contributed by atoms with Gasteiger partial charge >= 0.3 is 0 Å². The van der Waals surface area contributed by atoms with Gasteiger partial charge in [0.05, 0.1) is 0 Å². The maximum Gasteiger partial charge on any atom is 0.101 e. The van der Waals surface area contributed by atoms with Crippen LogP contribution in [0.5, 0.6) is 0 Å². The van der Waals surface area contributed by atoms with Gasteiger partial charge in [0.2, 0.25) is 0 Å². The van der Waals surface area contributed by atoms with E-state index >= 15 is 0 Å². The minimum absolute atomic E-state index is 0.636. The van der Waals surface area contributed by atoms with E-state index in [1.807, 2.05) is 0 Å². The first-order valence-corrected chi connectivity index (χ1v) is 12.0. The Kier molecular flexibility index (Phi) is 14.8. The maximum absolute atomic E-state index is 2.55. The molecule has 0 aromatic rings. The van der Waals surface area contributed by atoms with E-state index in [1.165, 1.54) is 109 Å². The van der Waals surface area contributed by atoms with Crippen molar-refractivity contribution in [3.8, 4) is 0 Å². The molecule has 1 heterocycles. The zero-order chi connectivity index (χ0) is 18.9. The molecule has 0 aromatic heterocycles. The number of hydrogen-bond donors (Lipinski definition) is 0. The van der Waals surface area contributed by atoms with Crippen LogP contribution in [0.15, 0.2) is 12.4 Å². The van der Waals surface area contributed by atoms with Crippen LogP contribution in [-0.2, 0) is 0 Å². The minimum Gasteiger partial charge on any atom is -0.356 e. The second kappa shape index (κ2) is 16.5. The van der Waals surface area contributed by atoms with Crippen LogP contribution in [0.2, 0.25) is 0 Å². The van der Waals surface area contributed by atoms with Gasteiger partial charge in [0, 0.05) is 25.5 Å². The minimum atomic E-state index is 0.636. The molecule has 1 rings (SSSR count). The molecule has 0 aliphatic carbocycles. The highest BCUT2D eigenvalue weighted by Crippen LogP contribution is 2.22. The Balaban J connectivity index is 1.88. The van der Waals surface area contributed by atoms with Crippen molar-refractivity contribution < 1.29 is 0 Å². The molecule has 0 N–H and O–H groups in total. The molecular formula is C24H48N2. The lowest BCUT2D eigenvalue weighted by molar-refractivity contribution is 0.144. The summed E-state index contributed by atoms with van der Waals surface area (Å²) < 4.78 is 0. The SMILES string of the molecule is CCCCCCCCCCCCCCCCC1N(CC)C=CN1CCC. The quantitative estimate of drug-likeness (QED) is 0.230. The molecule has 2 heteroatoms. The van der Waals surface area contributed by atoms with Gasteiger partial charge in [0.1, 0.15) is 6.17 Å². The molecular weight excluding hydrogens is 316 g/mol. The molecule has 1 aliphatic rings. The van der Waals surface area contributed by atoms with Crippen LogP contribution in [-0.4, -0.2) is 29.1 Å². The second-order valence-electron chi connectivity index (χ2n) is 8.23. The average molecular weight is 365 g/mol. The largest absolute Gasteiger partial charge is 0.356 e. The van der Waals surface area contributed by atoms with Gasteiger partial charge in [-0.15, -0.1) is 0 Å². The predicted molar refractivity (Wildman–Crippen MR) is 117 cm³/mol. The first kappa shape index (κ1) is 23.4. The monoisotopic (exact) mass is 364 g/mol. The molecule has 1 unspecified atom stereocenters. The molecule has 154 valence electrons. The molecule has 0 bridgehead atoms. The first-order chi connectivity index (χ1) is 12.8. The zero-order valence-corrected chi connectivity index (χ0v) is 18.4. The highest BCUT2D eigenvalue weighted by Gasteiger charge is 2.23. The van der Waals surface area contributed by atoms with E-state index in [2.05, 4.69) is 43.0 Å². The van der Waals surface area contributed by atoms with Crippen LogP contribution >= 0.6 is 0 Å². The molecule has 0 radical (unpaired) electrons. The summed E-state index contributed by atoms with van der Waals surface area (Å²) in [5, 5.41) is 0. The fourth-order valence-electron chi connectivity index (χ4n) is 4.21. The normalized spacial score (nSPS) is 16.8. The molecule has 1 atom stereocenters. The third kappa shape index (κ3) is 10.5. The van der Waals surface area contributed by atoms with Crippen LogP contribution < -0.4 is 0 Å². The fraction of sp³-hybridized carbons (Fsp3) is 0.917. The lowest BCUT2D eigenvalue weighted by Crippen LogP contribution is -2.38. The molecule has 0 amide bonds.